The monoisotopic (exact) mass is 364 g/mol. The predicted octanol–water partition coefficient (Wildman–Crippen LogP) is 0.490. The zero-order valence-electron chi connectivity index (χ0n) is 13.9. The van der Waals surface area contributed by atoms with Crippen LogP contribution in [0.1, 0.15) is 11.1 Å². The minimum atomic E-state index is -3.67. The molecule has 0 spiro atoms. The van der Waals surface area contributed by atoms with E-state index in [1.165, 1.54) is 11.4 Å². The molecule has 0 saturated heterocycles. The van der Waals surface area contributed by atoms with Gasteiger partial charge >= 0.3 is 0 Å². The van der Waals surface area contributed by atoms with Gasteiger partial charge in [0.15, 0.2) is 0 Å². The van der Waals surface area contributed by atoms with E-state index in [1.807, 2.05) is 6.92 Å². The van der Waals surface area contributed by atoms with Crippen molar-refractivity contribution in [3.8, 4) is 0 Å². The fourth-order valence-corrected chi connectivity index (χ4v) is 4.19. The highest BCUT2D eigenvalue weighted by Gasteiger charge is 2.19. The Morgan fingerprint density at radius 1 is 1.13 bits per heavy atom. The third-order valence-electron chi connectivity index (χ3n) is 3.29. The number of aryl methyl sites for hydroxylation is 2. The van der Waals surface area contributed by atoms with E-state index in [9.17, 15) is 16.8 Å². The van der Waals surface area contributed by atoms with E-state index in [2.05, 4.69) is 4.72 Å². The van der Waals surface area contributed by atoms with Gasteiger partial charge in [0.05, 0.1) is 17.8 Å². The number of methoxy groups -OCH3 is 1. The van der Waals surface area contributed by atoms with E-state index in [4.69, 9.17) is 4.74 Å². The van der Waals surface area contributed by atoms with Crippen LogP contribution in [-0.4, -0.2) is 60.7 Å². The first-order chi connectivity index (χ1) is 10.6. The van der Waals surface area contributed by atoms with Gasteiger partial charge in [-0.2, -0.15) is 4.31 Å². The van der Waals surface area contributed by atoms with Crippen molar-refractivity contribution in [1.29, 1.82) is 0 Å². The first-order valence-corrected chi connectivity index (χ1v) is 10.4. The Bertz CT molecular complexity index is 730. The molecule has 0 aliphatic heterocycles. The lowest BCUT2D eigenvalue weighted by atomic mass is 10.2. The second-order valence-corrected chi connectivity index (χ2v) is 9.04. The van der Waals surface area contributed by atoms with Crippen molar-refractivity contribution in [1.82, 2.24) is 9.03 Å². The van der Waals surface area contributed by atoms with E-state index in [0.29, 0.717) is 5.56 Å². The number of sulfonamides is 2. The standard InChI is InChI=1S/C14H24N2O5S2/c1-12-5-6-14(13(2)11-12)23(19,20)15-7-8-16(9-10-21-3)22(4,17)18/h5-6,11,15H,7-10H2,1-4H3. The number of nitrogens with zero attached hydrogens (tertiary/aromatic N) is 1. The molecule has 0 aliphatic carbocycles. The molecule has 1 rings (SSSR count). The first-order valence-electron chi connectivity index (χ1n) is 7.09. The molecule has 9 heteroatoms. The number of benzene rings is 1. The molecule has 0 fully saturated rings. The van der Waals surface area contributed by atoms with E-state index in [1.54, 1.807) is 25.1 Å². The summed E-state index contributed by atoms with van der Waals surface area (Å²) < 4.78 is 56.4. The molecule has 0 amide bonds. The summed E-state index contributed by atoms with van der Waals surface area (Å²) in [6.07, 6.45) is 1.08. The van der Waals surface area contributed by atoms with Gasteiger partial charge in [0, 0.05) is 26.7 Å². The van der Waals surface area contributed by atoms with Gasteiger partial charge < -0.3 is 4.74 Å². The molecule has 0 aliphatic rings. The number of hydrogen-bond acceptors (Lipinski definition) is 5. The van der Waals surface area contributed by atoms with Gasteiger partial charge in [0.1, 0.15) is 0 Å². The largest absolute Gasteiger partial charge is 0.383 e. The third-order valence-corrected chi connectivity index (χ3v) is 6.21. The van der Waals surface area contributed by atoms with Crippen molar-refractivity contribution in [3.63, 3.8) is 0 Å². The quantitative estimate of drug-likeness (QED) is 0.688. The van der Waals surface area contributed by atoms with Gasteiger partial charge in [-0.1, -0.05) is 17.7 Å². The molecular formula is C14H24N2O5S2. The van der Waals surface area contributed by atoms with E-state index in [0.717, 1.165) is 11.8 Å². The Kier molecular flexibility index (Phi) is 7.15. The molecule has 132 valence electrons. The van der Waals surface area contributed by atoms with Crippen LogP contribution in [0, 0.1) is 13.8 Å². The highest BCUT2D eigenvalue weighted by atomic mass is 32.2. The number of nitrogens with one attached hydrogen (secondary N) is 1. The molecule has 1 aromatic carbocycles. The van der Waals surface area contributed by atoms with Gasteiger partial charge in [-0.15, -0.1) is 0 Å². The molecule has 0 atom stereocenters. The predicted molar refractivity (Wildman–Crippen MR) is 89.4 cm³/mol. The molecule has 0 aromatic heterocycles. The fourth-order valence-electron chi connectivity index (χ4n) is 2.12. The molecule has 23 heavy (non-hydrogen) atoms. The minimum absolute atomic E-state index is 0.00751. The Balaban J connectivity index is 2.75. The normalized spacial score (nSPS) is 12.7. The van der Waals surface area contributed by atoms with Crippen LogP contribution in [0.25, 0.3) is 0 Å². The topological polar surface area (TPSA) is 92.8 Å². The van der Waals surface area contributed by atoms with E-state index in [-0.39, 0.29) is 31.1 Å². The zero-order chi connectivity index (χ0) is 17.7. The minimum Gasteiger partial charge on any atom is -0.383 e. The van der Waals surface area contributed by atoms with Crippen LogP contribution in [-0.2, 0) is 24.8 Å². The van der Waals surface area contributed by atoms with Gasteiger partial charge in [-0.05, 0) is 25.5 Å². The van der Waals surface area contributed by atoms with Crippen molar-refractivity contribution in [2.24, 2.45) is 0 Å². The van der Waals surface area contributed by atoms with E-state index >= 15 is 0 Å². The second kappa shape index (κ2) is 8.20. The SMILES string of the molecule is COCCN(CCNS(=O)(=O)c1ccc(C)cc1C)S(C)(=O)=O. The summed E-state index contributed by atoms with van der Waals surface area (Å²) >= 11 is 0. The van der Waals surface area contributed by atoms with Crippen molar-refractivity contribution >= 4 is 20.0 Å². The Hall–Kier alpha value is -1.00. The van der Waals surface area contributed by atoms with Crippen molar-refractivity contribution in [2.75, 3.05) is 39.6 Å². The first kappa shape index (κ1) is 20.0. The summed E-state index contributed by atoms with van der Waals surface area (Å²) in [7, 11) is -5.61. The van der Waals surface area contributed by atoms with Crippen LogP contribution in [0.4, 0.5) is 0 Å². The van der Waals surface area contributed by atoms with Crippen molar-refractivity contribution < 1.29 is 21.6 Å². The fraction of sp³-hybridized carbons (Fsp3) is 0.571. The number of hydrogen-bond donors (Lipinski definition) is 1. The third kappa shape index (κ3) is 6.19. The Morgan fingerprint density at radius 2 is 1.78 bits per heavy atom. The average molecular weight is 364 g/mol. The van der Waals surface area contributed by atoms with Gasteiger partial charge in [-0.3, -0.25) is 0 Å². The molecule has 1 N–H and O–H groups in total. The van der Waals surface area contributed by atoms with Crippen molar-refractivity contribution in [3.05, 3.63) is 29.3 Å². The van der Waals surface area contributed by atoms with Gasteiger partial charge in [0.2, 0.25) is 20.0 Å². The maximum absolute atomic E-state index is 12.3. The maximum atomic E-state index is 12.3. The van der Waals surface area contributed by atoms with Gasteiger partial charge in [-0.25, -0.2) is 21.6 Å². The lowest BCUT2D eigenvalue weighted by Gasteiger charge is -2.19. The van der Waals surface area contributed by atoms with Crippen molar-refractivity contribution in [2.45, 2.75) is 18.7 Å². The summed E-state index contributed by atoms with van der Waals surface area (Å²) in [4.78, 5) is 0.200. The molecule has 0 bridgehead atoms. The molecule has 0 saturated carbocycles. The summed E-state index contributed by atoms with van der Waals surface area (Å²) in [5, 5.41) is 0. The molecule has 0 heterocycles. The Morgan fingerprint density at radius 3 is 2.30 bits per heavy atom. The van der Waals surface area contributed by atoms with Crippen LogP contribution >= 0.6 is 0 Å². The smallest absolute Gasteiger partial charge is 0.240 e. The molecule has 0 radical (unpaired) electrons. The molecule has 1 aromatic rings. The van der Waals surface area contributed by atoms with Gasteiger partial charge in [0.25, 0.3) is 0 Å². The summed E-state index contributed by atoms with van der Waals surface area (Å²) in [5.41, 5.74) is 1.63. The Labute approximate surface area is 138 Å². The number of rotatable bonds is 9. The zero-order valence-corrected chi connectivity index (χ0v) is 15.5. The van der Waals surface area contributed by atoms with E-state index < -0.39 is 20.0 Å². The van der Waals surface area contributed by atoms with Crippen LogP contribution in [0.15, 0.2) is 23.1 Å². The lowest BCUT2D eigenvalue weighted by Crippen LogP contribution is -2.39. The van der Waals surface area contributed by atoms with Crippen LogP contribution in [0.2, 0.25) is 0 Å². The second-order valence-electron chi connectivity index (χ2n) is 5.32. The van der Waals surface area contributed by atoms with Crippen LogP contribution in [0.3, 0.4) is 0 Å². The maximum Gasteiger partial charge on any atom is 0.240 e. The summed E-state index contributed by atoms with van der Waals surface area (Å²) in [6.45, 7) is 4.08. The lowest BCUT2D eigenvalue weighted by molar-refractivity contribution is 0.179. The molecule has 0 unspecified atom stereocenters. The highest BCUT2D eigenvalue weighted by molar-refractivity contribution is 7.89. The van der Waals surface area contributed by atoms with Crippen LogP contribution < -0.4 is 4.72 Å². The van der Waals surface area contributed by atoms with Crippen LogP contribution in [0.5, 0.6) is 0 Å². The number of ether oxygens (including phenoxy) is 1. The molecule has 7 nitrogen and oxygen atoms in total. The summed E-state index contributed by atoms with van der Waals surface area (Å²) in [5.74, 6) is 0. The highest BCUT2D eigenvalue weighted by Crippen LogP contribution is 2.16. The summed E-state index contributed by atoms with van der Waals surface area (Å²) in [6, 6.07) is 5.06. The molecular weight excluding hydrogens is 340 g/mol. The average Bonchev–Trinajstić information content (AvgIpc) is 2.40.